The summed E-state index contributed by atoms with van der Waals surface area (Å²) >= 11 is 7.07. The van der Waals surface area contributed by atoms with Crippen molar-refractivity contribution in [1.82, 2.24) is 10.9 Å². The third-order valence-electron chi connectivity index (χ3n) is 5.03. The number of hydrogen-bond donors (Lipinski definition) is 2. The summed E-state index contributed by atoms with van der Waals surface area (Å²) < 4.78 is 7.75. The van der Waals surface area contributed by atoms with Gasteiger partial charge in [-0.25, -0.2) is 0 Å². The molecule has 0 spiro atoms. The summed E-state index contributed by atoms with van der Waals surface area (Å²) in [5.74, 6) is 1.27. The van der Waals surface area contributed by atoms with Gasteiger partial charge in [-0.3, -0.25) is 10.2 Å². The van der Waals surface area contributed by atoms with Crippen LogP contribution in [-0.2, 0) is 6.61 Å². The molecule has 2 N–H and O–H groups in total. The van der Waals surface area contributed by atoms with Gasteiger partial charge < -0.3 is 10.2 Å². The average Bonchev–Trinajstić information content (AvgIpc) is 3.02. The highest BCUT2D eigenvalue weighted by Crippen LogP contribution is 2.40. The number of rotatable bonds is 6. The first-order chi connectivity index (χ1) is 13.5. The van der Waals surface area contributed by atoms with Crippen molar-refractivity contribution in [1.29, 1.82) is 0 Å². The average molecular weight is 504 g/mol. The van der Waals surface area contributed by atoms with Crippen molar-refractivity contribution in [2.75, 3.05) is 0 Å². The fourth-order valence-corrected chi connectivity index (χ4v) is 5.10. The van der Waals surface area contributed by atoms with Crippen LogP contribution in [0.4, 0.5) is 0 Å². The number of hydrogen-bond acceptors (Lipinski definition) is 3. The predicted octanol–water partition coefficient (Wildman–Crippen LogP) is 5.57. The molecule has 1 amide bonds. The Kier molecular flexibility index (Phi) is 5.60. The van der Waals surface area contributed by atoms with Gasteiger partial charge >= 0.3 is 0 Å². The van der Waals surface area contributed by atoms with Crippen LogP contribution in [-0.4, -0.2) is 5.91 Å². The lowest BCUT2D eigenvalue weighted by molar-refractivity contribution is 0.0936. The van der Waals surface area contributed by atoms with Gasteiger partial charge in [-0.2, -0.15) is 0 Å². The molecule has 2 aliphatic carbocycles. The number of allylic oxidation sites excluding steroid dienone is 4. The summed E-state index contributed by atoms with van der Waals surface area (Å²) in [6.45, 7) is 2.45. The van der Waals surface area contributed by atoms with E-state index in [1.54, 1.807) is 0 Å². The van der Waals surface area contributed by atoms with Crippen LogP contribution in [0.15, 0.2) is 68.8 Å². The minimum atomic E-state index is -0.144. The maximum absolute atomic E-state index is 12.3. The van der Waals surface area contributed by atoms with Crippen molar-refractivity contribution in [3.05, 3.63) is 85.5 Å². The molecule has 0 heterocycles. The highest BCUT2D eigenvalue weighted by Gasteiger charge is 2.30. The van der Waals surface area contributed by atoms with E-state index in [2.05, 4.69) is 54.9 Å². The molecule has 2 aromatic carbocycles. The van der Waals surface area contributed by atoms with Crippen molar-refractivity contribution < 1.29 is 9.53 Å². The quantitative estimate of drug-likeness (QED) is 0.507. The van der Waals surface area contributed by atoms with E-state index in [0.29, 0.717) is 18.1 Å². The normalized spacial score (nSPS) is 17.2. The van der Waals surface area contributed by atoms with Crippen molar-refractivity contribution in [2.45, 2.75) is 26.4 Å². The third kappa shape index (κ3) is 4.03. The zero-order valence-electron chi connectivity index (χ0n) is 15.4. The highest BCUT2D eigenvalue weighted by molar-refractivity contribution is 9.11. The molecule has 4 nitrogen and oxygen atoms in total. The number of nitrogens with one attached hydrogen (secondary N) is 2. The molecule has 0 unspecified atom stereocenters. The number of amides is 1. The fourth-order valence-electron chi connectivity index (χ4n) is 3.46. The maximum atomic E-state index is 12.3. The number of ether oxygens (including phenoxy) is 1. The van der Waals surface area contributed by atoms with E-state index in [1.165, 1.54) is 5.57 Å². The summed E-state index contributed by atoms with van der Waals surface area (Å²) in [5, 5.41) is 0. The molecular formula is C22H20Br2N2O2. The Labute approximate surface area is 181 Å². The Morgan fingerprint density at radius 1 is 1.18 bits per heavy atom. The zero-order chi connectivity index (χ0) is 19.7. The molecule has 4 rings (SSSR count). The number of fused-ring (bicyclic) bond motifs is 1. The molecule has 0 radical (unpaired) electrons. The van der Waals surface area contributed by atoms with E-state index in [0.717, 1.165) is 44.4 Å². The molecule has 0 saturated heterocycles. The first-order valence-electron chi connectivity index (χ1n) is 9.14. The van der Waals surface area contributed by atoms with Crippen LogP contribution in [0, 0.1) is 12.8 Å². The topological polar surface area (TPSA) is 50.4 Å². The Morgan fingerprint density at radius 2 is 1.89 bits per heavy atom. The van der Waals surface area contributed by atoms with Gasteiger partial charge in [-0.1, -0.05) is 24.3 Å². The third-order valence-corrected chi connectivity index (χ3v) is 6.20. The Morgan fingerprint density at radius 3 is 2.57 bits per heavy atom. The number of aryl methyl sites for hydroxylation is 1. The van der Waals surface area contributed by atoms with E-state index < -0.39 is 0 Å². The fraction of sp³-hybridized carbons (Fsp3) is 0.227. The SMILES string of the molecule is Cc1cc(Br)c(OCc2ccc(C(=O)NNC3=C4C=CC[C@@H]4C3)cc2)c(Br)c1. The lowest BCUT2D eigenvalue weighted by Gasteiger charge is -2.28. The standard InChI is InChI=1S/C22H20Br2N2O2/c1-13-9-18(23)21(19(24)10-13)28-12-14-5-7-15(8-6-14)22(27)26-25-20-11-16-3-2-4-17(16)20/h2,4-10,16,25H,3,11-12H2,1H3,(H,26,27)/t16-/m1/s1. The van der Waals surface area contributed by atoms with Gasteiger partial charge in [0.05, 0.1) is 8.95 Å². The second-order valence-corrected chi connectivity index (χ2v) is 8.80. The van der Waals surface area contributed by atoms with Gasteiger partial charge in [0.2, 0.25) is 0 Å². The highest BCUT2D eigenvalue weighted by atomic mass is 79.9. The van der Waals surface area contributed by atoms with Gasteiger partial charge in [-0.05, 0) is 98.5 Å². The van der Waals surface area contributed by atoms with Gasteiger partial charge in [0, 0.05) is 11.3 Å². The number of halogens is 2. The summed E-state index contributed by atoms with van der Waals surface area (Å²) in [7, 11) is 0. The summed E-state index contributed by atoms with van der Waals surface area (Å²) in [6, 6.07) is 11.5. The lowest BCUT2D eigenvalue weighted by atomic mass is 9.84. The van der Waals surface area contributed by atoms with E-state index in [4.69, 9.17) is 4.74 Å². The van der Waals surface area contributed by atoms with E-state index in [1.807, 2.05) is 43.3 Å². The van der Waals surface area contributed by atoms with E-state index in [-0.39, 0.29) is 5.91 Å². The van der Waals surface area contributed by atoms with Crippen LogP contribution in [0.3, 0.4) is 0 Å². The molecule has 1 atom stereocenters. The molecule has 2 aliphatic rings. The van der Waals surface area contributed by atoms with Crippen LogP contribution in [0.5, 0.6) is 5.75 Å². The van der Waals surface area contributed by atoms with Crippen LogP contribution >= 0.6 is 31.9 Å². The van der Waals surface area contributed by atoms with Gasteiger partial charge in [0.25, 0.3) is 5.91 Å². The first-order valence-corrected chi connectivity index (χ1v) is 10.7. The largest absolute Gasteiger partial charge is 0.487 e. The minimum absolute atomic E-state index is 0.144. The summed E-state index contributed by atoms with van der Waals surface area (Å²) in [6.07, 6.45) is 6.45. The molecule has 0 bridgehead atoms. The Balaban J connectivity index is 1.33. The smallest absolute Gasteiger partial charge is 0.269 e. The van der Waals surface area contributed by atoms with Crippen molar-refractivity contribution in [3.8, 4) is 5.75 Å². The van der Waals surface area contributed by atoms with Crippen molar-refractivity contribution in [3.63, 3.8) is 0 Å². The Bertz CT molecular complexity index is 958. The number of hydrazine groups is 1. The minimum Gasteiger partial charge on any atom is -0.487 e. The van der Waals surface area contributed by atoms with Crippen LogP contribution in [0.2, 0.25) is 0 Å². The number of carbonyl (C=O) groups excluding carboxylic acids is 1. The molecule has 2 aromatic rings. The van der Waals surface area contributed by atoms with E-state index >= 15 is 0 Å². The van der Waals surface area contributed by atoms with Gasteiger partial charge in [-0.15, -0.1) is 0 Å². The van der Waals surface area contributed by atoms with Gasteiger partial charge in [0.15, 0.2) is 0 Å². The van der Waals surface area contributed by atoms with Crippen molar-refractivity contribution >= 4 is 37.8 Å². The second-order valence-electron chi connectivity index (χ2n) is 7.10. The number of carbonyl (C=O) groups is 1. The molecule has 28 heavy (non-hydrogen) atoms. The molecule has 0 aliphatic heterocycles. The van der Waals surface area contributed by atoms with Crippen LogP contribution in [0.1, 0.15) is 34.3 Å². The molecule has 6 heteroatoms. The van der Waals surface area contributed by atoms with Crippen molar-refractivity contribution in [2.24, 2.45) is 5.92 Å². The molecule has 0 fully saturated rings. The van der Waals surface area contributed by atoms with Crippen LogP contribution < -0.4 is 15.6 Å². The van der Waals surface area contributed by atoms with Gasteiger partial charge in [0.1, 0.15) is 12.4 Å². The zero-order valence-corrected chi connectivity index (χ0v) is 18.6. The van der Waals surface area contributed by atoms with Crippen LogP contribution in [0.25, 0.3) is 0 Å². The number of benzene rings is 2. The molecular weight excluding hydrogens is 484 g/mol. The van der Waals surface area contributed by atoms with E-state index in [9.17, 15) is 4.79 Å². The lowest BCUT2D eigenvalue weighted by Crippen LogP contribution is -2.40. The second kappa shape index (κ2) is 8.13. The first kappa shape index (κ1) is 19.3. The molecule has 0 aromatic heterocycles. The Hall–Kier alpha value is -2.05. The predicted molar refractivity (Wildman–Crippen MR) is 117 cm³/mol. The molecule has 0 saturated carbocycles. The molecule has 144 valence electrons. The maximum Gasteiger partial charge on any atom is 0.269 e. The summed E-state index contributed by atoms with van der Waals surface area (Å²) in [5.41, 5.74) is 11.0. The summed E-state index contributed by atoms with van der Waals surface area (Å²) in [4.78, 5) is 12.3. The monoisotopic (exact) mass is 502 g/mol.